The van der Waals surface area contributed by atoms with Gasteiger partial charge in [0.05, 0.1) is 0 Å². The molecule has 1 heteroatoms. The summed E-state index contributed by atoms with van der Waals surface area (Å²) in [5, 5.41) is 0. The van der Waals surface area contributed by atoms with Crippen molar-refractivity contribution in [3.63, 3.8) is 0 Å². The fraction of sp³-hybridized carbons (Fsp3) is 0.881. The quantitative estimate of drug-likeness (QED) is 0.0549. The summed E-state index contributed by atoms with van der Waals surface area (Å²) in [6.45, 7) is 8.15. The lowest BCUT2D eigenvalue weighted by molar-refractivity contribution is -0.697. The molecule has 0 atom stereocenters. The molecule has 1 nitrogen and oxygen atoms in total. The van der Waals surface area contributed by atoms with Crippen molar-refractivity contribution in [1.29, 1.82) is 0 Å². The zero-order valence-corrected chi connectivity index (χ0v) is 30.2. The van der Waals surface area contributed by atoms with Crippen LogP contribution in [-0.4, -0.2) is 0 Å². The highest BCUT2D eigenvalue weighted by Crippen LogP contribution is 2.18. The number of rotatable bonds is 34. The van der Waals surface area contributed by atoms with E-state index in [-0.39, 0.29) is 0 Å². The topological polar surface area (TPSA) is 3.88 Å². The molecule has 0 N–H and O–H groups in total. The largest absolute Gasteiger partial charge is 0.205 e. The minimum atomic E-state index is 1.21. The van der Waals surface area contributed by atoms with Crippen LogP contribution >= 0.6 is 0 Å². The van der Waals surface area contributed by atoms with Crippen LogP contribution < -0.4 is 4.57 Å². The van der Waals surface area contributed by atoms with Crippen LogP contribution in [0.5, 0.6) is 0 Å². The maximum Gasteiger partial charge on any atom is 0.172 e. The Morgan fingerprint density at radius 3 is 1.02 bits per heavy atom. The highest BCUT2D eigenvalue weighted by molar-refractivity contribution is 5.21. The van der Waals surface area contributed by atoms with Gasteiger partial charge in [-0.25, -0.2) is 4.57 Å². The van der Waals surface area contributed by atoms with E-state index < -0.39 is 0 Å². The van der Waals surface area contributed by atoms with Crippen LogP contribution in [0.15, 0.2) is 18.5 Å². The van der Waals surface area contributed by atoms with Gasteiger partial charge in [0.15, 0.2) is 12.4 Å². The average Bonchev–Trinajstić information content (AvgIpc) is 3.02. The van der Waals surface area contributed by atoms with E-state index >= 15 is 0 Å². The van der Waals surface area contributed by atoms with Crippen molar-refractivity contribution < 1.29 is 4.57 Å². The molecule has 1 heterocycles. The number of nitrogens with zero attached hydrogens (tertiary/aromatic N) is 1. The summed E-state index contributed by atoms with van der Waals surface area (Å²) in [6.07, 6.45) is 51.8. The minimum absolute atomic E-state index is 1.21. The lowest BCUT2D eigenvalue weighted by Gasteiger charge is -2.10. The van der Waals surface area contributed by atoms with Crippen molar-refractivity contribution in [2.75, 3.05) is 0 Å². The SMILES string of the molecule is CCCCCCCCCCCCCCCCC[n+]1ccc(CCCCCCCCCC)c(CCCCCCCCCC)c1. The second kappa shape index (κ2) is 32.5. The van der Waals surface area contributed by atoms with Gasteiger partial charge in [0.25, 0.3) is 0 Å². The Kier molecular flexibility index (Phi) is 30.4. The molecule has 0 amide bonds. The van der Waals surface area contributed by atoms with Crippen LogP contribution in [-0.2, 0) is 19.4 Å². The van der Waals surface area contributed by atoms with Gasteiger partial charge >= 0.3 is 0 Å². The van der Waals surface area contributed by atoms with Gasteiger partial charge in [-0.1, -0.05) is 194 Å². The average molecular weight is 599 g/mol. The molecule has 0 saturated carbocycles. The molecule has 0 aliphatic rings. The molecular weight excluding hydrogens is 518 g/mol. The predicted molar refractivity (Wildman–Crippen MR) is 194 cm³/mol. The Balaban J connectivity index is 2.26. The van der Waals surface area contributed by atoms with E-state index in [1.54, 1.807) is 11.1 Å². The maximum atomic E-state index is 2.55. The third kappa shape index (κ3) is 26.1. The van der Waals surface area contributed by atoms with Crippen LogP contribution in [0.25, 0.3) is 0 Å². The van der Waals surface area contributed by atoms with E-state index in [0.717, 1.165) is 0 Å². The summed E-state index contributed by atoms with van der Waals surface area (Å²) >= 11 is 0. The third-order valence-electron chi connectivity index (χ3n) is 9.82. The second-order valence-electron chi connectivity index (χ2n) is 14.1. The summed E-state index contributed by atoms with van der Waals surface area (Å²) in [4.78, 5) is 0. The third-order valence-corrected chi connectivity index (χ3v) is 9.82. The van der Waals surface area contributed by atoms with E-state index in [0.29, 0.717) is 0 Å². The monoisotopic (exact) mass is 599 g/mol. The normalized spacial score (nSPS) is 11.5. The lowest BCUT2D eigenvalue weighted by Crippen LogP contribution is -2.34. The van der Waals surface area contributed by atoms with Gasteiger partial charge in [0.2, 0.25) is 0 Å². The molecule has 252 valence electrons. The predicted octanol–water partition coefficient (Wildman–Crippen LogP) is 14.2. The van der Waals surface area contributed by atoms with Crippen molar-refractivity contribution in [2.45, 2.75) is 239 Å². The van der Waals surface area contributed by atoms with Crippen molar-refractivity contribution in [3.8, 4) is 0 Å². The summed E-state index contributed by atoms with van der Waals surface area (Å²) in [6, 6.07) is 2.49. The van der Waals surface area contributed by atoms with E-state index in [9.17, 15) is 0 Å². The molecule has 0 radical (unpaired) electrons. The Morgan fingerprint density at radius 1 is 0.349 bits per heavy atom. The number of pyridine rings is 1. The number of aromatic nitrogens is 1. The Bertz CT molecular complexity index is 679. The molecule has 0 aromatic carbocycles. The van der Waals surface area contributed by atoms with Gasteiger partial charge in [-0.3, -0.25) is 0 Å². The summed E-state index contributed by atoms with van der Waals surface area (Å²) in [5.74, 6) is 0. The number of aryl methyl sites for hydroxylation is 3. The van der Waals surface area contributed by atoms with Crippen LogP contribution in [0.2, 0.25) is 0 Å². The fourth-order valence-electron chi connectivity index (χ4n) is 6.79. The molecular formula is C42H80N+. The molecule has 0 saturated heterocycles. The van der Waals surface area contributed by atoms with Crippen LogP contribution in [0.3, 0.4) is 0 Å². The fourth-order valence-corrected chi connectivity index (χ4v) is 6.79. The highest BCUT2D eigenvalue weighted by Gasteiger charge is 2.10. The molecule has 0 spiro atoms. The Morgan fingerprint density at radius 2 is 0.651 bits per heavy atom. The smallest absolute Gasteiger partial charge is 0.172 e. The molecule has 0 fully saturated rings. The summed E-state index contributed by atoms with van der Waals surface area (Å²) < 4.78 is 2.53. The van der Waals surface area contributed by atoms with E-state index in [1.807, 2.05) is 0 Å². The van der Waals surface area contributed by atoms with E-state index in [1.165, 1.54) is 218 Å². The second-order valence-corrected chi connectivity index (χ2v) is 14.1. The number of hydrogen-bond donors (Lipinski definition) is 0. The highest BCUT2D eigenvalue weighted by atomic mass is 14.9. The van der Waals surface area contributed by atoms with Crippen LogP contribution in [0.4, 0.5) is 0 Å². The first-order valence-corrected chi connectivity index (χ1v) is 20.3. The standard InChI is InChI=1S/C42H80N/c1-4-7-10-13-16-19-20-21-22-23-24-25-28-31-34-38-43-39-37-41(35-32-29-26-17-14-11-8-5-2)42(40-43)36-33-30-27-18-15-12-9-6-3/h37,39-40H,4-36,38H2,1-3H3/q+1. The van der Waals surface area contributed by atoms with Crippen molar-refractivity contribution in [3.05, 3.63) is 29.6 Å². The van der Waals surface area contributed by atoms with Gasteiger partial charge in [-0.15, -0.1) is 0 Å². The van der Waals surface area contributed by atoms with Crippen LogP contribution in [0.1, 0.15) is 231 Å². The van der Waals surface area contributed by atoms with Crippen molar-refractivity contribution in [1.82, 2.24) is 0 Å². The van der Waals surface area contributed by atoms with Gasteiger partial charge < -0.3 is 0 Å². The van der Waals surface area contributed by atoms with Crippen LogP contribution in [0, 0.1) is 0 Å². The molecule has 1 aromatic rings. The van der Waals surface area contributed by atoms with Gasteiger partial charge in [-0.05, 0) is 37.7 Å². The molecule has 0 aliphatic heterocycles. The van der Waals surface area contributed by atoms with Crippen molar-refractivity contribution in [2.24, 2.45) is 0 Å². The molecule has 1 rings (SSSR count). The van der Waals surface area contributed by atoms with E-state index in [4.69, 9.17) is 0 Å². The van der Waals surface area contributed by atoms with Gasteiger partial charge in [-0.2, -0.15) is 0 Å². The molecule has 0 aliphatic carbocycles. The first kappa shape index (κ1) is 40.2. The molecule has 0 unspecified atom stereocenters. The number of unbranched alkanes of at least 4 members (excludes halogenated alkanes) is 28. The van der Waals surface area contributed by atoms with E-state index in [2.05, 4.69) is 43.8 Å². The van der Waals surface area contributed by atoms with Gasteiger partial charge in [0, 0.05) is 18.1 Å². The van der Waals surface area contributed by atoms with Crippen molar-refractivity contribution >= 4 is 0 Å². The Hall–Kier alpha value is -0.850. The number of hydrogen-bond acceptors (Lipinski definition) is 0. The molecule has 1 aromatic heterocycles. The zero-order chi connectivity index (χ0) is 30.9. The first-order valence-electron chi connectivity index (χ1n) is 20.3. The summed E-state index contributed by atoms with van der Waals surface area (Å²) in [5.41, 5.74) is 3.32. The zero-order valence-electron chi connectivity index (χ0n) is 30.2. The lowest BCUT2D eigenvalue weighted by atomic mass is 9.97. The molecule has 43 heavy (non-hydrogen) atoms. The van der Waals surface area contributed by atoms with Gasteiger partial charge in [0.1, 0.15) is 6.54 Å². The maximum absolute atomic E-state index is 2.55. The summed E-state index contributed by atoms with van der Waals surface area (Å²) in [7, 11) is 0. The molecule has 0 bridgehead atoms. The first-order chi connectivity index (χ1) is 21.3. The Labute approximate surface area is 272 Å². The minimum Gasteiger partial charge on any atom is -0.205 e.